The number of rotatable bonds is 3. The SMILES string of the molecule is N#CC1=C(N=Cc2cc([N+](=O)[O-])ccc2O)CCC1. The summed E-state index contributed by atoms with van der Waals surface area (Å²) in [5.41, 5.74) is 1.49. The fraction of sp³-hybridized carbons (Fsp3) is 0.231. The van der Waals surface area contributed by atoms with E-state index in [0.29, 0.717) is 17.7 Å². The van der Waals surface area contributed by atoms with Crippen LogP contribution < -0.4 is 0 Å². The number of nitro groups is 1. The Labute approximate surface area is 109 Å². The van der Waals surface area contributed by atoms with Crippen LogP contribution in [-0.4, -0.2) is 16.2 Å². The van der Waals surface area contributed by atoms with Crippen LogP contribution in [0.5, 0.6) is 5.75 Å². The predicted molar refractivity (Wildman–Crippen MR) is 68.8 cm³/mol. The number of hydrogen-bond donors (Lipinski definition) is 1. The maximum Gasteiger partial charge on any atom is 0.270 e. The molecule has 0 atom stereocenters. The van der Waals surface area contributed by atoms with Crippen LogP contribution in [0.4, 0.5) is 5.69 Å². The first-order chi connectivity index (χ1) is 9.11. The maximum absolute atomic E-state index is 10.7. The summed E-state index contributed by atoms with van der Waals surface area (Å²) in [6.45, 7) is 0. The monoisotopic (exact) mass is 257 g/mol. The minimum absolute atomic E-state index is 0.0774. The quantitative estimate of drug-likeness (QED) is 0.511. The Kier molecular flexibility index (Phi) is 3.57. The van der Waals surface area contributed by atoms with Crippen molar-refractivity contribution in [1.82, 2.24) is 0 Å². The molecule has 0 spiro atoms. The molecule has 2 rings (SSSR count). The van der Waals surface area contributed by atoms with Gasteiger partial charge in [-0.05, 0) is 25.3 Å². The molecule has 0 aliphatic heterocycles. The topological polar surface area (TPSA) is 99.5 Å². The Morgan fingerprint density at radius 1 is 1.47 bits per heavy atom. The molecule has 0 amide bonds. The van der Waals surface area contributed by atoms with E-state index in [1.807, 2.05) is 0 Å². The number of nitrogens with zero attached hydrogens (tertiary/aromatic N) is 3. The van der Waals surface area contributed by atoms with Crippen molar-refractivity contribution in [3.05, 3.63) is 45.1 Å². The first-order valence-electron chi connectivity index (χ1n) is 5.75. The molecule has 0 bridgehead atoms. The Bertz CT molecular complexity index is 627. The minimum Gasteiger partial charge on any atom is -0.507 e. The zero-order chi connectivity index (χ0) is 13.8. The molecule has 1 aliphatic rings. The number of aliphatic imine (C=N–C) groups is 1. The Morgan fingerprint density at radius 2 is 2.26 bits per heavy atom. The largest absolute Gasteiger partial charge is 0.507 e. The first kappa shape index (κ1) is 12.8. The van der Waals surface area contributed by atoms with Crippen LogP contribution in [-0.2, 0) is 0 Å². The summed E-state index contributed by atoms with van der Waals surface area (Å²) in [5, 5.41) is 29.2. The van der Waals surface area contributed by atoms with Gasteiger partial charge in [0.1, 0.15) is 5.75 Å². The number of benzene rings is 1. The fourth-order valence-electron chi connectivity index (χ4n) is 1.90. The van der Waals surface area contributed by atoms with Gasteiger partial charge in [-0.3, -0.25) is 15.1 Å². The van der Waals surface area contributed by atoms with Crippen LogP contribution in [0.2, 0.25) is 0 Å². The molecule has 1 N–H and O–H groups in total. The van der Waals surface area contributed by atoms with Crippen molar-refractivity contribution in [2.24, 2.45) is 4.99 Å². The van der Waals surface area contributed by atoms with E-state index >= 15 is 0 Å². The molecule has 0 fully saturated rings. The summed E-state index contributed by atoms with van der Waals surface area (Å²) in [6, 6.07) is 5.82. The number of allylic oxidation sites excluding steroid dienone is 2. The van der Waals surface area contributed by atoms with E-state index in [1.54, 1.807) is 0 Å². The Hall–Kier alpha value is -2.68. The maximum atomic E-state index is 10.7. The highest BCUT2D eigenvalue weighted by molar-refractivity contribution is 5.85. The average Bonchev–Trinajstić information content (AvgIpc) is 2.85. The molecule has 0 saturated heterocycles. The summed E-state index contributed by atoms with van der Waals surface area (Å²) < 4.78 is 0. The molecule has 0 radical (unpaired) electrons. The van der Waals surface area contributed by atoms with E-state index in [0.717, 1.165) is 12.8 Å². The van der Waals surface area contributed by atoms with Crippen molar-refractivity contribution in [3.63, 3.8) is 0 Å². The number of aromatic hydroxyl groups is 1. The highest BCUT2D eigenvalue weighted by Crippen LogP contribution is 2.27. The van der Waals surface area contributed by atoms with Crippen molar-refractivity contribution in [1.29, 1.82) is 5.26 Å². The molecular formula is C13H11N3O3. The lowest BCUT2D eigenvalue weighted by Crippen LogP contribution is -1.91. The van der Waals surface area contributed by atoms with Gasteiger partial charge in [0.2, 0.25) is 0 Å². The number of hydrogen-bond acceptors (Lipinski definition) is 5. The second-order valence-corrected chi connectivity index (χ2v) is 4.15. The number of nitro benzene ring substituents is 1. The van der Waals surface area contributed by atoms with Gasteiger partial charge in [-0.25, -0.2) is 0 Å². The van der Waals surface area contributed by atoms with Crippen molar-refractivity contribution < 1.29 is 10.0 Å². The van der Waals surface area contributed by atoms with E-state index in [-0.39, 0.29) is 17.0 Å². The van der Waals surface area contributed by atoms with Gasteiger partial charge in [-0.1, -0.05) is 0 Å². The second-order valence-electron chi connectivity index (χ2n) is 4.15. The summed E-state index contributed by atoms with van der Waals surface area (Å²) in [7, 11) is 0. The molecule has 6 heteroatoms. The normalized spacial score (nSPS) is 14.9. The van der Waals surface area contributed by atoms with E-state index < -0.39 is 4.92 Å². The third-order valence-electron chi connectivity index (χ3n) is 2.91. The van der Waals surface area contributed by atoms with Gasteiger partial charge in [-0.2, -0.15) is 5.26 Å². The fourth-order valence-corrected chi connectivity index (χ4v) is 1.90. The van der Waals surface area contributed by atoms with E-state index in [9.17, 15) is 15.2 Å². The van der Waals surface area contributed by atoms with Crippen molar-refractivity contribution in [2.45, 2.75) is 19.3 Å². The van der Waals surface area contributed by atoms with Crippen LogP contribution in [0.25, 0.3) is 0 Å². The zero-order valence-electron chi connectivity index (χ0n) is 10.0. The van der Waals surface area contributed by atoms with Crippen LogP contribution in [0, 0.1) is 21.4 Å². The van der Waals surface area contributed by atoms with Crippen LogP contribution in [0.15, 0.2) is 34.5 Å². The van der Waals surface area contributed by atoms with Crippen molar-refractivity contribution >= 4 is 11.9 Å². The van der Waals surface area contributed by atoms with E-state index in [1.165, 1.54) is 24.4 Å². The molecule has 96 valence electrons. The third kappa shape index (κ3) is 2.77. The molecule has 1 aromatic rings. The van der Waals surface area contributed by atoms with Crippen LogP contribution in [0.3, 0.4) is 0 Å². The summed E-state index contributed by atoms with van der Waals surface area (Å²) in [4.78, 5) is 14.3. The van der Waals surface area contributed by atoms with Crippen molar-refractivity contribution in [3.8, 4) is 11.8 Å². The lowest BCUT2D eigenvalue weighted by Gasteiger charge is -1.99. The van der Waals surface area contributed by atoms with Gasteiger partial charge in [0, 0.05) is 23.9 Å². The molecule has 6 nitrogen and oxygen atoms in total. The average molecular weight is 257 g/mol. The number of phenols is 1. The molecule has 0 unspecified atom stereocenters. The van der Waals surface area contributed by atoms with E-state index in [2.05, 4.69) is 11.1 Å². The standard InChI is InChI=1S/C13H11N3O3/c14-7-9-2-1-3-12(9)15-8-10-6-11(16(18)19)4-5-13(10)17/h4-6,8,17H,1-3H2. The highest BCUT2D eigenvalue weighted by atomic mass is 16.6. The summed E-state index contributed by atoms with van der Waals surface area (Å²) in [5.74, 6) is -0.0774. The Morgan fingerprint density at radius 3 is 2.95 bits per heavy atom. The van der Waals surface area contributed by atoms with Gasteiger partial charge in [-0.15, -0.1) is 0 Å². The first-order valence-corrected chi connectivity index (χ1v) is 5.75. The van der Waals surface area contributed by atoms with Gasteiger partial charge in [0.15, 0.2) is 0 Å². The lowest BCUT2D eigenvalue weighted by molar-refractivity contribution is -0.384. The van der Waals surface area contributed by atoms with E-state index in [4.69, 9.17) is 5.26 Å². The molecular weight excluding hydrogens is 246 g/mol. The summed E-state index contributed by atoms with van der Waals surface area (Å²) >= 11 is 0. The molecule has 19 heavy (non-hydrogen) atoms. The van der Waals surface area contributed by atoms with Gasteiger partial charge >= 0.3 is 0 Å². The third-order valence-corrected chi connectivity index (χ3v) is 2.91. The molecule has 0 heterocycles. The zero-order valence-corrected chi connectivity index (χ0v) is 10.0. The van der Waals surface area contributed by atoms with Gasteiger partial charge in [0.05, 0.1) is 22.3 Å². The molecule has 0 aromatic heterocycles. The molecule has 1 aliphatic carbocycles. The number of phenolic OH excluding ortho intramolecular Hbond substituents is 1. The van der Waals surface area contributed by atoms with Crippen molar-refractivity contribution in [2.75, 3.05) is 0 Å². The predicted octanol–water partition coefficient (Wildman–Crippen LogP) is 2.68. The molecule has 1 aromatic carbocycles. The van der Waals surface area contributed by atoms with Crippen LogP contribution >= 0.6 is 0 Å². The highest BCUT2D eigenvalue weighted by Gasteiger charge is 2.13. The lowest BCUT2D eigenvalue weighted by atomic mass is 10.2. The Balaban J connectivity index is 2.31. The molecule has 0 saturated carbocycles. The summed E-state index contributed by atoms with van der Waals surface area (Å²) in [6.07, 6.45) is 3.68. The minimum atomic E-state index is -0.535. The number of non-ortho nitro benzene ring substituents is 1. The van der Waals surface area contributed by atoms with Gasteiger partial charge in [0.25, 0.3) is 5.69 Å². The smallest absolute Gasteiger partial charge is 0.270 e. The van der Waals surface area contributed by atoms with Gasteiger partial charge < -0.3 is 5.11 Å². The van der Waals surface area contributed by atoms with Crippen LogP contribution in [0.1, 0.15) is 24.8 Å². The second kappa shape index (κ2) is 5.31. The number of nitriles is 1.